The van der Waals surface area contributed by atoms with Gasteiger partial charge in [-0.05, 0) is 31.7 Å². The Bertz CT molecular complexity index is 359. The van der Waals surface area contributed by atoms with Crippen molar-refractivity contribution in [2.24, 2.45) is 11.8 Å². The number of carbonyl (C=O) groups excluding carboxylic acids is 1. The minimum absolute atomic E-state index is 0.0964. The second kappa shape index (κ2) is 7.07. The largest absolute Gasteiger partial charge is 0.383 e. The van der Waals surface area contributed by atoms with Gasteiger partial charge in [0, 0.05) is 32.2 Å². The molecule has 0 aromatic rings. The van der Waals surface area contributed by atoms with E-state index >= 15 is 0 Å². The fourth-order valence-electron chi connectivity index (χ4n) is 3.96. The Labute approximate surface area is 127 Å². The number of hydrogen-bond acceptors (Lipinski definition) is 4. The van der Waals surface area contributed by atoms with Crippen molar-refractivity contribution in [1.29, 1.82) is 0 Å². The van der Waals surface area contributed by atoms with Gasteiger partial charge in [-0.2, -0.15) is 0 Å². The molecule has 3 aliphatic rings. The van der Waals surface area contributed by atoms with E-state index in [-0.39, 0.29) is 12.0 Å². The first-order valence-electron chi connectivity index (χ1n) is 8.39. The molecule has 2 saturated heterocycles. The molecule has 0 aromatic heterocycles. The molecular weight excluding hydrogens is 268 g/mol. The lowest BCUT2D eigenvalue weighted by Crippen LogP contribution is -2.49. The maximum atomic E-state index is 11.9. The molecule has 5 heteroatoms. The molecule has 120 valence electrons. The maximum absolute atomic E-state index is 11.9. The summed E-state index contributed by atoms with van der Waals surface area (Å²) in [5, 5.41) is 2.90. The molecule has 0 bridgehead atoms. The fraction of sp³-hybridized carbons (Fsp3) is 0.938. The first-order valence-corrected chi connectivity index (χ1v) is 8.39. The molecule has 3 rings (SSSR count). The third-order valence-electron chi connectivity index (χ3n) is 5.43. The predicted octanol–water partition coefficient (Wildman–Crippen LogP) is 1.03. The summed E-state index contributed by atoms with van der Waals surface area (Å²) < 4.78 is 10.9. The lowest BCUT2D eigenvalue weighted by atomic mass is 9.80. The quantitative estimate of drug-likeness (QED) is 0.744. The van der Waals surface area contributed by atoms with Crippen LogP contribution in [0.3, 0.4) is 0 Å². The number of nitrogens with zero attached hydrogens (tertiary/aromatic N) is 1. The van der Waals surface area contributed by atoms with E-state index in [2.05, 4.69) is 10.2 Å². The van der Waals surface area contributed by atoms with Gasteiger partial charge in [-0.1, -0.05) is 6.42 Å². The van der Waals surface area contributed by atoms with Crippen molar-refractivity contribution in [2.75, 3.05) is 40.0 Å². The predicted molar refractivity (Wildman–Crippen MR) is 80.1 cm³/mol. The second-order valence-electron chi connectivity index (χ2n) is 6.71. The Morgan fingerprint density at radius 3 is 2.95 bits per heavy atom. The number of likely N-dealkylation sites (tertiary alicyclic amines) is 1. The van der Waals surface area contributed by atoms with Crippen LogP contribution >= 0.6 is 0 Å². The SMILES string of the molecule is COCCNC(=O)C[C@H]1OC[C@H]2CN(C3CCC3)CC[C@H]21. The minimum atomic E-state index is 0.0964. The third-order valence-corrected chi connectivity index (χ3v) is 5.43. The van der Waals surface area contributed by atoms with E-state index in [0.717, 1.165) is 12.6 Å². The number of carbonyl (C=O) groups is 1. The number of fused-ring (bicyclic) bond motifs is 1. The number of nitrogens with one attached hydrogen (secondary N) is 1. The summed E-state index contributed by atoms with van der Waals surface area (Å²) >= 11 is 0. The molecule has 0 aromatic carbocycles. The van der Waals surface area contributed by atoms with Crippen LogP contribution in [0.1, 0.15) is 32.1 Å². The van der Waals surface area contributed by atoms with Crippen molar-refractivity contribution < 1.29 is 14.3 Å². The standard InChI is InChI=1S/C16H28N2O3/c1-20-8-6-17-16(19)9-15-14-5-7-18(13-3-2-4-13)10-12(14)11-21-15/h12-15H,2-11H2,1H3,(H,17,19)/t12-,14-,15-/m1/s1. The molecule has 1 amide bonds. The van der Waals surface area contributed by atoms with Crippen LogP contribution in [-0.4, -0.2) is 62.9 Å². The maximum Gasteiger partial charge on any atom is 0.222 e. The van der Waals surface area contributed by atoms with Gasteiger partial charge >= 0.3 is 0 Å². The molecule has 1 N–H and O–H groups in total. The van der Waals surface area contributed by atoms with E-state index in [1.807, 2.05) is 0 Å². The van der Waals surface area contributed by atoms with E-state index in [1.165, 1.54) is 38.8 Å². The van der Waals surface area contributed by atoms with Gasteiger partial charge in [0.2, 0.25) is 5.91 Å². The zero-order valence-electron chi connectivity index (χ0n) is 13.1. The lowest BCUT2D eigenvalue weighted by Gasteiger charge is -2.43. The summed E-state index contributed by atoms with van der Waals surface area (Å²) in [6.45, 7) is 4.36. The van der Waals surface area contributed by atoms with Gasteiger partial charge in [0.1, 0.15) is 0 Å². The molecule has 3 fully saturated rings. The summed E-state index contributed by atoms with van der Waals surface area (Å²) in [4.78, 5) is 14.6. The van der Waals surface area contributed by atoms with Crippen molar-refractivity contribution in [3.63, 3.8) is 0 Å². The normalized spacial score (nSPS) is 33.5. The van der Waals surface area contributed by atoms with Gasteiger partial charge in [-0.25, -0.2) is 0 Å². The van der Waals surface area contributed by atoms with Crippen LogP contribution < -0.4 is 5.32 Å². The fourth-order valence-corrected chi connectivity index (χ4v) is 3.96. The van der Waals surface area contributed by atoms with E-state index in [1.54, 1.807) is 7.11 Å². The number of piperidine rings is 1. The monoisotopic (exact) mass is 296 g/mol. The summed E-state index contributed by atoms with van der Waals surface area (Å²) in [7, 11) is 1.65. The molecule has 21 heavy (non-hydrogen) atoms. The summed E-state index contributed by atoms with van der Waals surface area (Å²) in [5.41, 5.74) is 0. The molecular formula is C16H28N2O3. The van der Waals surface area contributed by atoms with Crippen molar-refractivity contribution in [3.8, 4) is 0 Å². The number of amides is 1. The minimum Gasteiger partial charge on any atom is -0.383 e. The van der Waals surface area contributed by atoms with Gasteiger partial charge in [0.05, 0.1) is 25.7 Å². The van der Waals surface area contributed by atoms with E-state index in [0.29, 0.717) is 31.4 Å². The highest BCUT2D eigenvalue weighted by molar-refractivity contribution is 5.76. The van der Waals surface area contributed by atoms with Crippen molar-refractivity contribution in [1.82, 2.24) is 10.2 Å². The van der Waals surface area contributed by atoms with Crippen LogP contribution in [-0.2, 0) is 14.3 Å². The van der Waals surface area contributed by atoms with Crippen LogP contribution in [0.25, 0.3) is 0 Å². The Morgan fingerprint density at radius 2 is 2.24 bits per heavy atom. The number of hydrogen-bond donors (Lipinski definition) is 1. The highest BCUT2D eigenvalue weighted by Gasteiger charge is 2.43. The molecule has 3 atom stereocenters. The molecule has 2 aliphatic heterocycles. The zero-order chi connectivity index (χ0) is 14.7. The smallest absolute Gasteiger partial charge is 0.222 e. The molecule has 1 aliphatic carbocycles. The average molecular weight is 296 g/mol. The third kappa shape index (κ3) is 3.58. The van der Waals surface area contributed by atoms with Crippen LogP contribution in [0, 0.1) is 11.8 Å². The van der Waals surface area contributed by atoms with Gasteiger partial charge in [0.15, 0.2) is 0 Å². The molecule has 5 nitrogen and oxygen atoms in total. The number of ether oxygens (including phenoxy) is 2. The highest BCUT2D eigenvalue weighted by atomic mass is 16.5. The lowest BCUT2D eigenvalue weighted by molar-refractivity contribution is -0.124. The molecule has 2 heterocycles. The summed E-state index contributed by atoms with van der Waals surface area (Å²) in [6, 6.07) is 0.836. The van der Waals surface area contributed by atoms with Crippen LogP contribution in [0.4, 0.5) is 0 Å². The molecule has 0 unspecified atom stereocenters. The Hall–Kier alpha value is -0.650. The van der Waals surface area contributed by atoms with E-state index in [4.69, 9.17) is 9.47 Å². The van der Waals surface area contributed by atoms with Gasteiger partial charge in [0.25, 0.3) is 0 Å². The van der Waals surface area contributed by atoms with Gasteiger partial charge < -0.3 is 19.7 Å². The molecule has 0 spiro atoms. The van der Waals surface area contributed by atoms with E-state index < -0.39 is 0 Å². The summed E-state index contributed by atoms with van der Waals surface area (Å²) in [6.07, 6.45) is 5.98. The Balaban J connectivity index is 1.44. The van der Waals surface area contributed by atoms with Gasteiger partial charge in [-0.15, -0.1) is 0 Å². The van der Waals surface area contributed by atoms with Crippen molar-refractivity contribution >= 4 is 5.91 Å². The van der Waals surface area contributed by atoms with Crippen LogP contribution in [0.5, 0.6) is 0 Å². The molecule has 0 radical (unpaired) electrons. The zero-order valence-corrected chi connectivity index (χ0v) is 13.1. The van der Waals surface area contributed by atoms with E-state index in [9.17, 15) is 4.79 Å². The first-order chi connectivity index (χ1) is 10.3. The van der Waals surface area contributed by atoms with Crippen molar-refractivity contribution in [2.45, 2.75) is 44.2 Å². The Morgan fingerprint density at radius 1 is 1.38 bits per heavy atom. The van der Waals surface area contributed by atoms with Crippen LogP contribution in [0.2, 0.25) is 0 Å². The number of rotatable bonds is 6. The summed E-state index contributed by atoms with van der Waals surface area (Å²) in [5.74, 6) is 1.31. The molecule has 1 saturated carbocycles. The topological polar surface area (TPSA) is 50.8 Å². The van der Waals surface area contributed by atoms with Crippen molar-refractivity contribution in [3.05, 3.63) is 0 Å². The van der Waals surface area contributed by atoms with Crippen LogP contribution in [0.15, 0.2) is 0 Å². The first kappa shape index (κ1) is 15.3. The highest BCUT2D eigenvalue weighted by Crippen LogP contribution is 2.38. The number of methoxy groups -OCH3 is 1. The van der Waals surface area contributed by atoms with Gasteiger partial charge in [-0.3, -0.25) is 4.79 Å². The second-order valence-corrected chi connectivity index (χ2v) is 6.71. The Kier molecular flexibility index (Phi) is 5.14. The average Bonchev–Trinajstić information content (AvgIpc) is 2.80.